The number of aryl methyl sites for hydroxylation is 1. The average Bonchev–Trinajstić information content (AvgIpc) is 2.96. The number of hydrogen-bond donors (Lipinski definition) is 1. The Bertz CT molecular complexity index is 949. The number of methoxy groups -OCH3 is 1. The van der Waals surface area contributed by atoms with Crippen molar-refractivity contribution in [2.75, 3.05) is 12.4 Å². The van der Waals surface area contributed by atoms with Gasteiger partial charge in [-0.25, -0.2) is 14.3 Å². The molecule has 0 aliphatic carbocycles. The van der Waals surface area contributed by atoms with Crippen molar-refractivity contribution >= 4 is 11.6 Å². The summed E-state index contributed by atoms with van der Waals surface area (Å²) in [5.74, 6) is -0.540. The lowest BCUT2D eigenvalue weighted by Gasteiger charge is -2.11. The van der Waals surface area contributed by atoms with Gasteiger partial charge in [-0.1, -0.05) is 11.2 Å². The number of nitrogens with zero attached hydrogens (tertiary/aromatic N) is 4. The Balaban J connectivity index is 1.84. The zero-order chi connectivity index (χ0) is 17.8. The van der Waals surface area contributed by atoms with Gasteiger partial charge in [-0.05, 0) is 24.6 Å². The first-order valence-electron chi connectivity index (χ1n) is 7.36. The van der Waals surface area contributed by atoms with Crippen molar-refractivity contribution in [3.8, 4) is 17.3 Å². The topological polar surface area (TPSA) is 112 Å². The van der Waals surface area contributed by atoms with E-state index in [0.29, 0.717) is 17.1 Å². The highest BCUT2D eigenvalue weighted by Gasteiger charge is 2.17. The van der Waals surface area contributed by atoms with E-state index in [4.69, 9.17) is 4.74 Å². The molecule has 0 atom stereocenters. The first kappa shape index (κ1) is 16.4. The zero-order valence-corrected chi connectivity index (χ0v) is 13.6. The maximum atomic E-state index is 12.4. The fourth-order valence-corrected chi connectivity index (χ4v) is 2.26. The molecule has 0 saturated carbocycles. The Morgan fingerprint density at radius 1 is 1.36 bits per heavy atom. The smallest absolute Gasteiger partial charge is 0.442 e. The summed E-state index contributed by atoms with van der Waals surface area (Å²) < 4.78 is 11.0. The van der Waals surface area contributed by atoms with Crippen molar-refractivity contribution < 1.29 is 14.1 Å². The summed E-state index contributed by atoms with van der Waals surface area (Å²) in [6.07, 6.45) is 4.37. The fourth-order valence-electron chi connectivity index (χ4n) is 2.26. The van der Waals surface area contributed by atoms with Crippen molar-refractivity contribution in [2.24, 2.45) is 0 Å². The number of rotatable bonds is 5. The Morgan fingerprint density at radius 2 is 2.20 bits per heavy atom. The minimum absolute atomic E-state index is 0.129. The molecule has 0 aliphatic rings. The summed E-state index contributed by atoms with van der Waals surface area (Å²) in [6.45, 7) is 1.61. The molecule has 1 aromatic carbocycles. The van der Waals surface area contributed by atoms with Crippen LogP contribution in [0, 0.1) is 6.92 Å². The molecule has 0 spiro atoms. The second kappa shape index (κ2) is 6.95. The zero-order valence-electron chi connectivity index (χ0n) is 13.6. The number of hydrogen-bond acceptors (Lipinski definition) is 7. The molecule has 25 heavy (non-hydrogen) atoms. The SMILES string of the molecule is COc1ccc(C)cc1NC(=O)Cn1c(-c2cnccn2)noc1=O. The summed E-state index contributed by atoms with van der Waals surface area (Å²) in [5, 5.41) is 6.38. The molecule has 0 saturated heterocycles. The minimum Gasteiger partial charge on any atom is -0.495 e. The summed E-state index contributed by atoms with van der Waals surface area (Å²) >= 11 is 0. The van der Waals surface area contributed by atoms with Crippen LogP contribution in [0.5, 0.6) is 5.75 Å². The van der Waals surface area contributed by atoms with Gasteiger partial charge in [0.25, 0.3) is 0 Å². The summed E-state index contributed by atoms with van der Waals surface area (Å²) in [5.41, 5.74) is 1.80. The lowest BCUT2D eigenvalue weighted by atomic mass is 10.2. The molecule has 3 aromatic rings. The van der Waals surface area contributed by atoms with E-state index in [1.807, 2.05) is 13.0 Å². The molecule has 1 N–H and O–H groups in total. The van der Waals surface area contributed by atoms with Gasteiger partial charge in [-0.15, -0.1) is 0 Å². The van der Waals surface area contributed by atoms with Crippen LogP contribution in [0.25, 0.3) is 11.5 Å². The minimum atomic E-state index is -0.757. The van der Waals surface area contributed by atoms with Crippen LogP contribution >= 0.6 is 0 Å². The molecular weight excluding hydrogens is 326 g/mol. The normalized spacial score (nSPS) is 10.5. The highest BCUT2D eigenvalue weighted by molar-refractivity contribution is 5.92. The number of carbonyl (C=O) groups is 1. The Kier molecular flexibility index (Phi) is 4.55. The lowest BCUT2D eigenvalue weighted by molar-refractivity contribution is -0.116. The average molecular weight is 341 g/mol. The largest absolute Gasteiger partial charge is 0.495 e. The number of anilines is 1. The molecule has 128 valence electrons. The summed E-state index contributed by atoms with van der Waals surface area (Å²) in [6, 6.07) is 5.39. The molecule has 0 radical (unpaired) electrons. The van der Waals surface area contributed by atoms with Crippen LogP contribution in [0.2, 0.25) is 0 Å². The van der Waals surface area contributed by atoms with E-state index in [1.54, 1.807) is 12.1 Å². The molecule has 2 heterocycles. The maximum Gasteiger partial charge on any atom is 0.442 e. The third-order valence-electron chi connectivity index (χ3n) is 3.41. The summed E-state index contributed by atoms with van der Waals surface area (Å²) in [7, 11) is 1.51. The van der Waals surface area contributed by atoms with E-state index in [2.05, 4.69) is 25.0 Å². The molecule has 0 bridgehead atoms. The highest BCUT2D eigenvalue weighted by atomic mass is 16.5. The first-order valence-corrected chi connectivity index (χ1v) is 7.36. The van der Waals surface area contributed by atoms with Gasteiger partial charge in [0.1, 0.15) is 18.0 Å². The number of nitrogens with one attached hydrogen (secondary N) is 1. The number of ether oxygens (including phenoxy) is 1. The Hall–Kier alpha value is -3.49. The number of amides is 1. The van der Waals surface area contributed by atoms with Crippen LogP contribution in [0.1, 0.15) is 5.56 Å². The van der Waals surface area contributed by atoms with Crippen molar-refractivity contribution in [3.05, 3.63) is 52.9 Å². The quantitative estimate of drug-likeness (QED) is 0.743. The van der Waals surface area contributed by atoms with E-state index >= 15 is 0 Å². The standard InChI is InChI=1S/C16H15N5O4/c1-10-3-4-13(24-2)11(7-10)19-14(22)9-21-15(20-25-16(21)23)12-8-17-5-6-18-12/h3-8H,9H2,1-2H3,(H,19,22). The van der Waals surface area contributed by atoms with E-state index in [9.17, 15) is 9.59 Å². The number of carbonyl (C=O) groups excluding carboxylic acids is 1. The molecular formula is C16H15N5O4. The Morgan fingerprint density at radius 3 is 2.92 bits per heavy atom. The van der Waals surface area contributed by atoms with Gasteiger partial charge in [0.05, 0.1) is 19.0 Å². The molecule has 9 heteroatoms. The van der Waals surface area contributed by atoms with Gasteiger partial charge < -0.3 is 10.1 Å². The molecule has 0 unspecified atom stereocenters. The maximum absolute atomic E-state index is 12.4. The second-order valence-corrected chi connectivity index (χ2v) is 5.20. The molecule has 9 nitrogen and oxygen atoms in total. The Labute approximate surface area is 142 Å². The van der Waals surface area contributed by atoms with Gasteiger partial charge >= 0.3 is 5.76 Å². The van der Waals surface area contributed by atoms with E-state index in [-0.39, 0.29) is 12.4 Å². The third kappa shape index (κ3) is 3.55. The van der Waals surface area contributed by atoms with E-state index in [0.717, 1.165) is 10.1 Å². The monoisotopic (exact) mass is 341 g/mol. The highest BCUT2D eigenvalue weighted by Crippen LogP contribution is 2.25. The van der Waals surface area contributed by atoms with E-state index in [1.165, 1.54) is 25.7 Å². The lowest BCUT2D eigenvalue weighted by Crippen LogP contribution is -2.26. The van der Waals surface area contributed by atoms with Crippen LogP contribution in [-0.2, 0) is 11.3 Å². The molecule has 1 amide bonds. The third-order valence-corrected chi connectivity index (χ3v) is 3.41. The van der Waals surface area contributed by atoms with Gasteiger partial charge in [-0.2, -0.15) is 0 Å². The molecule has 0 aliphatic heterocycles. The predicted molar refractivity (Wildman–Crippen MR) is 88.1 cm³/mol. The van der Waals surface area contributed by atoms with Gasteiger partial charge in [-0.3, -0.25) is 14.3 Å². The van der Waals surface area contributed by atoms with Crippen molar-refractivity contribution in [1.29, 1.82) is 0 Å². The van der Waals surface area contributed by atoms with Crippen molar-refractivity contribution in [2.45, 2.75) is 13.5 Å². The second-order valence-electron chi connectivity index (χ2n) is 5.20. The van der Waals surface area contributed by atoms with Crippen LogP contribution < -0.4 is 15.8 Å². The van der Waals surface area contributed by atoms with Crippen LogP contribution in [0.4, 0.5) is 5.69 Å². The van der Waals surface area contributed by atoms with Crippen LogP contribution in [0.3, 0.4) is 0 Å². The van der Waals surface area contributed by atoms with Crippen molar-refractivity contribution in [1.82, 2.24) is 19.7 Å². The predicted octanol–water partition coefficient (Wildman–Crippen LogP) is 1.25. The van der Waals surface area contributed by atoms with Gasteiger partial charge in [0, 0.05) is 12.4 Å². The van der Waals surface area contributed by atoms with Crippen molar-refractivity contribution in [3.63, 3.8) is 0 Å². The van der Waals surface area contributed by atoms with Gasteiger partial charge in [0.2, 0.25) is 11.7 Å². The first-order chi connectivity index (χ1) is 12.1. The number of benzene rings is 1. The molecule has 0 fully saturated rings. The molecule has 3 rings (SSSR count). The molecule has 2 aromatic heterocycles. The van der Waals surface area contributed by atoms with Crippen LogP contribution in [0.15, 0.2) is 46.1 Å². The van der Waals surface area contributed by atoms with E-state index < -0.39 is 11.7 Å². The van der Waals surface area contributed by atoms with Crippen LogP contribution in [-0.4, -0.2) is 32.7 Å². The van der Waals surface area contributed by atoms with Gasteiger partial charge in [0.15, 0.2) is 0 Å². The summed E-state index contributed by atoms with van der Waals surface area (Å²) in [4.78, 5) is 32.2. The number of aromatic nitrogens is 4. The fraction of sp³-hybridized carbons (Fsp3) is 0.188.